The number of nitrogens with zero attached hydrogens (tertiary/aromatic N) is 1. The van der Waals surface area contributed by atoms with E-state index in [-0.39, 0.29) is 12.5 Å². The first-order chi connectivity index (χ1) is 13.7. The second kappa shape index (κ2) is 10.8. The molecule has 0 spiro atoms. The summed E-state index contributed by atoms with van der Waals surface area (Å²) >= 11 is 1.64. The summed E-state index contributed by atoms with van der Waals surface area (Å²) in [5, 5.41) is 7.22. The molecule has 2 N–H and O–H groups in total. The lowest BCUT2D eigenvalue weighted by molar-refractivity contribution is -0.121. The molecule has 150 valence electrons. The maximum atomic E-state index is 12.3. The minimum atomic E-state index is -0.435. The molecule has 0 saturated carbocycles. The van der Waals surface area contributed by atoms with Gasteiger partial charge < -0.3 is 9.73 Å². The van der Waals surface area contributed by atoms with E-state index in [0.717, 1.165) is 29.9 Å². The van der Waals surface area contributed by atoms with Crippen LogP contribution in [0.2, 0.25) is 0 Å². The molecule has 2 aromatic rings. The van der Waals surface area contributed by atoms with E-state index in [1.165, 1.54) is 18.4 Å². The zero-order chi connectivity index (χ0) is 19.6. The summed E-state index contributed by atoms with van der Waals surface area (Å²) in [4.78, 5) is 27.5. The lowest BCUT2D eigenvalue weighted by Gasteiger charge is -2.20. The summed E-state index contributed by atoms with van der Waals surface area (Å²) in [5.41, 5.74) is 1.40. The molecule has 3 amide bonds. The van der Waals surface area contributed by atoms with Gasteiger partial charge in [0.25, 0.3) is 0 Å². The molecule has 0 unspecified atom stereocenters. The highest BCUT2D eigenvalue weighted by Gasteiger charge is 2.16. The van der Waals surface area contributed by atoms with E-state index in [0.29, 0.717) is 19.6 Å². The molecule has 28 heavy (non-hydrogen) atoms. The molecule has 1 aliphatic rings. The summed E-state index contributed by atoms with van der Waals surface area (Å²) in [6.45, 7) is 1.81. The van der Waals surface area contributed by atoms with Crippen molar-refractivity contribution in [3.63, 3.8) is 0 Å². The lowest BCUT2D eigenvalue weighted by Crippen LogP contribution is -2.44. The van der Waals surface area contributed by atoms with E-state index in [4.69, 9.17) is 4.42 Å². The summed E-state index contributed by atoms with van der Waals surface area (Å²) in [5.74, 6) is 0.465. The fraction of sp³-hybridized carbons (Fsp3) is 0.429. The molecule has 1 aliphatic carbocycles. The van der Waals surface area contributed by atoms with Crippen LogP contribution in [0.5, 0.6) is 0 Å². The molecular formula is C21H27N3O3S. The third kappa shape index (κ3) is 6.98. The maximum Gasteiger partial charge on any atom is 0.321 e. The Balaban J connectivity index is 1.44. The molecule has 6 nitrogen and oxygen atoms in total. The predicted molar refractivity (Wildman–Crippen MR) is 110 cm³/mol. The van der Waals surface area contributed by atoms with Gasteiger partial charge in [-0.1, -0.05) is 17.7 Å². The molecule has 2 aromatic heterocycles. The number of rotatable bonds is 9. The molecule has 0 aliphatic heterocycles. The number of nitrogens with one attached hydrogen (secondary N) is 2. The number of carbonyl (C=O) groups is 2. The fourth-order valence-corrected chi connectivity index (χ4v) is 4.04. The number of thiophene rings is 1. The van der Waals surface area contributed by atoms with Crippen molar-refractivity contribution < 1.29 is 14.0 Å². The second-order valence-electron chi connectivity index (χ2n) is 6.97. The van der Waals surface area contributed by atoms with Crippen LogP contribution in [0, 0.1) is 0 Å². The van der Waals surface area contributed by atoms with Crippen LogP contribution < -0.4 is 10.6 Å². The Labute approximate surface area is 169 Å². The third-order valence-electron chi connectivity index (χ3n) is 4.66. The van der Waals surface area contributed by atoms with Crippen molar-refractivity contribution in [3.05, 3.63) is 58.2 Å². The van der Waals surface area contributed by atoms with Crippen LogP contribution in [0.1, 0.15) is 42.7 Å². The first-order valence-corrected chi connectivity index (χ1v) is 10.6. The predicted octanol–water partition coefficient (Wildman–Crippen LogP) is 4.06. The minimum absolute atomic E-state index is 0.122. The summed E-state index contributed by atoms with van der Waals surface area (Å²) in [6, 6.07) is 7.29. The van der Waals surface area contributed by atoms with E-state index in [1.54, 1.807) is 17.6 Å². The topological polar surface area (TPSA) is 74.6 Å². The Morgan fingerprint density at radius 1 is 1.18 bits per heavy atom. The van der Waals surface area contributed by atoms with E-state index in [2.05, 4.69) is 16.7 Å². The summed E-state index contributed by atoms with van der Waals surface area (Å²) in [7, 11) is 0. The quantitative estimate of drug-likeness (QED) is 0.622. The normalized spacial score (nSPS) is 14.0. The van der Waals surface area contributed by atoms with Gasteiger partial charge in [-0.25, -0.2) is 4.79 Å². The third-order valence-corrected chi connectivity index (χ3v) is 5.52. The standard InChI is InChI=1S/C21H27N3O3S/c25-20(23-21(26)22-11-10-17-6-2-1-3-7-17)16-24(14-18-8-4-12-27-18)15-19-9-5-13-28-19/h4-6,8-9,12-13H,1-3,7,10-11,14-16H2,(H2,22,23,25,26). The summed E-state index contributed by atoms with van der Waals surface area (Å²) < 4.78 is 5.40. The van der Waals surface area contributed by atoms with Crippen molar-refractivity contribution in [2.24, 2.45) is 0 Å². The molecule has 7 heteroatoms. The largest absolute Gasteiger partial charge is 0.468 e. The number of allylic oxidation sites excluding steroid dienone is 1. The minimum Gasteiger partial charge on any atom is -0.468 e. The number of hydrogen-bond acceptors (Lipinski definition) is 5. The van der Waals surface area contributed by atoms with Gasteiger partial charge in [0.2, 0.25) is 5.91 Å². The van der Waals surface area contributed by atoms with Gasteiger partial charge in [0.15, 0.2) is 0 Å². The van der Waals surface area contributed by atoms with E-state index >= 15 is 0 Å². The first kappa shape index (κ1) is 20.4. The number of imide groups is 1. The molecule has 0 aromatic carbocycles. The van der Waals surface area contributed by atoms with E-state index in [1.807, 2.05) is 34.5 Å². The number of urea groups is 1. The van der Waals surface area contributed by atoms with Crippen molar-refractivity contribution in [1.82, 2.24) is 15.5 Å². The maximum absolute atomic E-state index is 12.3. The zero-order valence-corrected chi connectivity index (χ0v) is 16.8. The van der Waals surface area contributed by atoms with Crippen LogP contribution in [0.15, 0.2) is 52.0 Å². The SMILES string of the molecule is O=C(CN(Cc1ccco1)Cc1cccs1)NC(=O)NCCC1=CCCCC1. The Morgan fingerprint density at radius 3 is 2.82 bits per heavy atom. The van der Waals surface area contributed by atoms with Crippen molar-refractivity contribution in [1.29, 1.82) is 0 Å². The molecule has 0 radical (unpaired) electrons. The number of hydrogen-bond donors (Lipinski definition) is 2. The van der Waals surface area contributed by atoms with Gasteiger partial charge in [0, 0.05) is 18.0 Å². The van der Waals surface area contributed by atoms with Crippen molar-refractivity contribution in [2.45, 2.75) is 45.2 Å². The molecule has 0 bridgehead atoms. The zero-order valence-electron chi connectivity index (χ0n) is 16.0. The molecule has 0 atom stereocenters. The van der Waals surface area contributed by atoms with Gasteiger partial charge in [-0.3, -0.25) is 15.0 Å². The lowest BCUT2D eigenvalue weighted by atomic mass is 9.97. The van der Waals surface area contributed by atoms with Gasteiger partial charge in [-0.15, -0.1) is 11.3 Å². The van der Waals surface area contributed by atoms with Gasteiger partial charge >= 0.3 is 6.03 Å². The Hall–Kier alpha value is -2.38. The molecule has 0 saturated heterocycles. The highest BCUT2D eigenvalue weighted by atomic mass is 32.1. The monoisotopic (exact) mass is 401 g/mol. The number of amides is 3. The second-order valence-corrected chi connectivity index (χ2v) is 8.00. The smallest absolute Gasteiger partial charge is 0.321 e. The van der Waals surface area contributed by atoms with Gasteiger partial charge in [-0.2, -0.15) is 0 Å². The van der Waals surface area contributed by atoms with Crippen LogP contribution in [-0.4, -0.2) is 29.9 Å². The number of carbonyl (C=O) groups excluding carboxylic acids is 2. The molecule has 0 fully saturated rings. The average Bonchev–Trinajstić information content (AvgIpc) is 3.36. The highest BCUT2D eigenvalue weighted by Crippen LogP contribution is 2.19. The Morgan fingerprint density at radius 2 is 2.11 bits per heavy atom. The van der Waals surface area contributed by atoms with Crippen LogP contribution in [0.3, 0.4) is 0 Å². The molecule has 3 rings (SSSR count). The van der Waals surface area contributed by atoms with Crippen LogP contribution in [-0.2, 0) is 17.9 Å². The van der Waals surface area contributed by atoms with Crippen LogP contribution >= 0.6 is 11.3 Å². The molecular weight excluding hydrogens is 374 g/mol. The summed E-state index contributed by atoms with van der Waals surface area (Å²) in [6.07, 6.45) is 9.48. The van der Waals surface area contributed by atoms with Gasteiger partial charge in [0.1, 0.15) is 5.76 Å². The first-order valence-electron chi connectivity index (χ1n) is 9.72. The molecule has 2 heterocycles. The highest BCUT2D eigenvalue weighted by molar-refractivity contribution is 7.09. The van der Waals surface area contributed by atoms with Gasteiger partial charge in [-0.05, 0) is 55.7 Å². The van der Waals surface area contributed by atoms with Crippen molar-refractivity contribution in [3.8, 4) is 0 Å². The van der Waals surface area contributed by atoms with Crippen molar-refractivity contribution >= 4 is 23.3 Å². The van der Waals surface area contributed by atoms with Gasteiger partial charge in [0.05, 0.1) is 19.4 Å². The Bertz CT molecular complexity index is 733. The van der Waals surface area contributed by atoms with Crippen molar-refractivity contribution in [2.75, 3.05) is 13.1 Å². The number of furan rings is 1. The van der Waals surface area contributed by atoms with Crippen LogP contribution in [0.4, 0.5) is 4.79 Å². The van der Waals surface area contributed by atoms with Crippen LogP contribution in [0.25, 0.3) is 0 Å². The fourth-order valence-electron chi connectivity index (χ4n) is 3.30. The Kier molecular flexibility index (Phi) is 7.87. The average molecular weight is 402 g/mol. The van der Waals surface area contributed by atoms with E-state index in [9.17, 15) is 9.59 Å². The van der Waals surface area contributed by atoms with E-state index < -0.39 is 6.03 Å².